The summed E-state index contributed by atoms with van der Waals surface area (Å²) in [5, 5.41) is 3.37. The fourth-order valence-electron chi connectivity index (χ4n) is 2.46. The van der Waals surface area contributed by atoms with Gasteiger partial charge in [-0.1, -0.05) is 30.3 Å². The number of aliphatic imine (C=N–C) groups is 1. The first-order valence-electron chi connectivity index (χ1n) is 8.74. The summed E-state index contributed by atoms with van der Waals surface area (Å²) in [6.07, 6.45) is 2.58. The maximum absolute atomic E-state index is 11.9. The first-order valence-corrected chi connectivity index (χ1v) is 8.74. The van der Waals surface area contributed by atoms with Crippen LogP contribution < -0.4 is 5.32 Å². The van der Waals surface area contributed by atoms with Crippen LogP contribution in [0.5, 0.6) is 0 Å². The van der Waals surface area contributed by atoms with Gasteiger partial charge in [0.15, 0.2) is 5.96 Å². The van der Waals surface area contributed by atoms with Crippen LogP contribution in [0.15, 0.2) is 52.1 Å². The molecular weight excluding hydrogens is 328 g/mol. The van der Waals surface area contributed by atoms with Crippen LogP contribution in [0, 0.1) is 6.92 Å². The van der Waals surface area contributed by atoms with Crippen molar-refractivity contribution in [3.63, 3.8) is 0 Å². The van der Waals surface area contributed by atoms with Gasteiger partial charge in [-0.15, -0.1) is 0 Å². The maximum Gasteiger partial charge on any atom is 0.243 e. The van der Waals surface area contributed by atoms with Gasteiger partial charge in [-0.3, -0.25) is 4.79 Å². The average Bonchev–Trinajstić information content (AvgIpc) is 3.03. The Labute approximate surface area is 155 Å². The van der Waals surface area contributed by atoms with Crippen molar-refractivity contribution in [2.45, 2.75) is 19.9 Å². The van der Waals surface area contributed by atoms with Crippen LogP contribution in [0.4, 0.5) is 0 Å². The third-order valence-corrected chi connectivity index (χ3v) is 4.14. The van der Waals surface area contributed by atoms with E-state index in [1.165, 1.54) is 5.56 Å². The van der Waals surface area contributed by atoms with E-state index >= 15 is 0 Å². The predicted octanol–water partition coefficient (Wildman–Crippen LogP) is 2.30. The molecule has 140 valence electrons. The molecule has 1 N–H and O–H groups in total. The van der Waals surface area contributed by atoms with Gasteiger partial charge in [-0.2, -0.15) is 0 Å². The molecule has 0 aliphatic carbocycles. The Kier molecular flexibility index (Phi) is 7.26. The largest absolute Gasteiger partial charge is 0.469 e. The predicted molar refractivity (Wildman–Crippen MR) is 104 cm³/mol. The van der Waals surface area contributed by atoms with E-state index in [1.54, 1.807) is 25.3 Å². The Morgan fingerprint density at radius 2 is 1.88 bits per heavy atom. The summed E-state index contributed by atoms with van der Waals surface area (Å²) >= 11 is 0. The van der Waals surface area contributed by atoms with Gasteiger partial charge in [-0.25, -0.2) is 4.99 Å². The molecule has 0 aliphatic heterocycles. The van der Waals surface area contributed by atoms with Crippen molar-refractivity contribution in [2.75, 3.05) is 34.2 Å². The molecule has 26 heavy (non-hydrogen) atoms. The van der Waals surface area contributed by atoms with Crippen molar-refractivity contribution in [1.29, 1.82) is 0 Å². The number of furan rings is 1. The Morgan fingerprint density at radius 1 is 1.15 bits per heavy atom. The summed E-state index contributed by atoms with van der Waals surface area (Å²) in [7, 11) is 5.43. The van der Waals surface area contributed by atoms with Crippen molar-refractivity contribution in [2.24, 2.45) is 4.99 Å². The second-order valence-electron chi connectivity index (χ2n) is 6.45. The third-order valence-electron chi connectivity index (χ3n) is 4.14. The first-order chi connectivity index (χ1) is 12.5. The van der Waals surface area contributed by atoms with E-state index in [0.717, 1.165) is 24.3 Å². The number of rotatable bonds is 7. The molecule has 2 rings (SSSR count). The number of benzene rings is 1. The smallest absolute Gasteiger partial charge is 0.243 e. The van der Waals surface area contributed by atoms with E-state index < -0.39 is 0 Å². The Hall–Kier alpha value is -2.76. The summed E-state index contributed by atoms with van der Waals surface area (Å²) in [5.74, 6) is 1.57. The lowest BCUT2D eigenvalue weighted by Gasteiger charge is -2.22. The molecular formula is C20H28N4O2. The van der Waals surface area contributed by atoms with Gasteiger partial charge in [0.25, 0.3) is 0 Å². The lowest BCUT2D eigenvalue weighted by molar-refractivity contribution is -0.127. The highest BCUT2D eigenvalue weighted by Crippen LogP contribution is 2.11. The van der Waals surface area contributed by atoms with Crippen LogP contribution in [-0.2, 0) is 17.8 Å². The van der Waals surface area contributed by atoms with Gasteiger partial charge >= 0.3 is 0 Å². The number of hydrogen-bond acceptors (Lipinski definition) is 3. The molecule has 1 heterocycles. The number of hydrogen-bond donors (Lipinski definition) is 1. The Morgan fingerprint density at radius 3 is 2.50 bits per heavy atom. The normalized spacial score (nSPS) is 11.3. The molecule has 0 atom stereocenters. The molecule has 0 fully saturated rings. The second kappa shape index (κ2) is 9.65. The number of nitrogens with one attached hydrogen (secondary N) is 1. The third kappa shape index (κ3) is 5.95. The summed E-state index contributed by atoms with van der Waals surface area (Å²) in [6.45, 7) is 3.47. The van der Waals surface area contributed by atoms with E-state index in [9.17, 15) is 4.79 Å². The van der Waals surface area contributed by atoms with Crippen LogP contribution in [0.3, 0.4) is 0 Å². The molecule has 0 radical (unpaired) electrons. The molecule has 1 aromatic carbocycles. The molecule has 0 saturated heterocycles. The molecule has 0 bridgehead atoms. The average molecular weight is 356 g/mol. The zero-order valence-corrected chi connectivity index (χ0v) is 16.0. The molecule has 6 nitrogen and oxygen atoms in total. The highest BCUT2D eigenvalue weighted by Gasteiger charge is 2.11. The topological polar surface area (TPSA) is 61.1 Å². The molecule has 0 spiro atoms. The number of nitrogens with zero attached hydrogens (tertiary/aromatic N) is 3. The SMILES string of the molecule is Cc1occc1CN(C)C(=NCC(=O)N(C)C)NCCc1ccccc1. The minimum Gasteiger partial charge on any atom is -0.469 e. The zero-order valence-electron chi connectivity index (χ0n) is 16.0. The lowest BCUT2D eigenvalue weighted by atomic mass is 10.1. The highest BCUT2D eigenvalue weighted by atomic mass is 16.3. The van der Waals surface area contributed by atoms with Crippen molar-refractivity contribution in [1.82, 2.24) is 15.1 Å². The van der Waals surface area contributed by atoms with Gasteiger partial charge < -0.3 is 19.5 Å². The first kappa shape index (κ1) is 19.6. The van der Waals surface area contributed by atoms with Crippen molar-refractivity contribution < 1.29 is 9.21 Å². The quantitative estimate of drug-likeness (QED) is 0.611. The molecule has 0 aliphatic rings. The number of guanidine groups is 1. The van der Waals surface area contributed by atoms with Gasteiger partial charge in [0.2, 0.25) is 5.91 Å². The summed E-state index contributed by atoms with van der Waals surface area (Å²) in [5.41, 5.74) is 2.36. The van der Waals surface area contributed by atoms with Gasteiger partial charge in [-0.05, 0) is 25.0 Å². The maximum atomic E-state index is 11.9. The molecule has 1 amide bonds. The van der Waals surface area contributed by atoms with E-state index in [2.05, 4.69) is 22.4 Å². The number of likely N-dealkylation sites (N-methyl/N-ethyl adjacent to an activating group) is 1. The van der Waals surface area contributed by atoms with Crippen LogP contribution in [-0.4, -0.2) is 55.9 Å². The monoisotopic (exact) mass is 356 g/mol. The van der Waals surface area contributed by atoms with Crippen LogP contribution in [0.2, 0.25) is 0 Å². The zero-order chi connectivity index (χ0) is 18.9. The van der Waals surface area contributed by atoms with E-state index in [-0.39, 0.29) is 12.5 Å². The van der Waals surface area contributed by atoms with Crippen LogP contribution >= 0.6 is 0 Å². The Balaban J connectivity index is 2.01. The van der Waals surface area contributed by atoms with Gasteiger partial charge in [0.1, 0.15) is 12.3 Å². The molecule has 0 unspecified atom stereocenters. The second-order valence-corrected chi connectivity index (χ2v) is 6.45. The minimum atomic E-state index is -0.0275. The van der Waals surface area contributed by atoms with Crippen molar-refractivity contribution >= 4 is 11.9 Å². The lowest BCUT2D eigenvalue weighted by Crippen LogP contribution is -2.40. The molecule has 0 saturated carbocycles. The fourth-order valence-corrected chi connectivity index (χ4v) is 2.46. The number of aryl methyl sites for hydroxylation is 1. The Bertz CT molecular complexity index is 722. The molecule has 6 heteroatoms. The van der Waals surface area contributed by atoms with Crippen molar-refractivity contribution in [3.05, 3.63) is 59.5 Å². The summed E-state index contributed by atoms with van der Waals surface area (Å²) in [4.78, 5) is 19.9. The number of carbonyl (C=O) groups is 1. The van der Waals surface area contributed by atoms with E-state index in [4.69, 9.17) is 4.42 Å². The minimum absolute atomic E-state index is 0.0275. The molecule has 2 aromatic rings. The van der Waals surface area contributed by atoms with Crippen LogP contribution in [0.1, 0.15) is 16.9 Å². The van der Waals surface area contributed by atoms with E-state index in [1.807, 2.05) is 43.1 Å². The summed E-state index contributed by atoms with van der Waals surface area (Å²) in [6, 6.07) is 12.2. The van der Waals surface area contributed by atoms with E-state index in [0.29, 0.717) is 12.5 Å². The van der Waals surface area contributed by atoms with Gasteiger partial charge in [0, 0.05) is 39.8 Å². The standard InChI is InChI=1S/C20H28N4O2/c1-16-18(11-13-26-16)15-24(4)20(22-14-19(25)23(2)3)21-12-10-17-8-6-5-7-9-17/h5-9,11,13H,10,12,14-15H2,1-4H3,(H,21,22). The van der Waals surface area contributed by atoms with Gasteiger partial charge in [0.05, 0.1) is 6.26 Å². The number of amides is 1. The fraction of sp³-hybridized carbons (Fsp3) is 0.400. The number of carbonyl (C=O) groups excluding carboxylic acids is 1. The van der Waals surface area contributed by atoms with Crippen molar-refractivity contribution in [3.8, 4) is 0 Å². The van der Waals surface area contributed by atoms with Crippen LogP contribution in [0.25, 0.3) is 0 Å². The highest BCUT2D eigenvalue weighted by molar-refractivity contribution is 5.84. The summed E-state index contributed by atoms with van der Waals surface area (Å²) < 4.78 is 5.37. The molecule has 1 aromatic heterocycles.